The highest BCUT2D eigenvalue weighted by Crippen LogP contribution is 2.38. The molecule has 1 aromatic rings. The van der Waals surface area contributed by atoms with Crippen LogP contribution in [0.2, 0.25) is 0 Å². The number of hydrogen-bond donors (Lipinski definition) is 0. The fourth-order valence-corrected chi connectivity index (χ4v) is 4.03. The van der Waals surface area contributed by atoms with Crippen LogP contribution in [-0.2, 0) is 19.1 Å². The van der Waals surface area contributed by atoms with Gasteiger partial charge in [0.25, 0.3) is 0 Å². The van der Waals surface area contributed by atoms with Crippen molar-refractivity contribution in [1.82, 2.24) is 4.90 Å². The summed E-state index contributed by atoms with van der Waals surface area (Å²) in [4.78, 5) is 50.1. The largest absolute Gasteiger partial charge is 0.457 e. The lowest BCUT2D eigenvalue weighted by molar-refractivity contribution is -0.145. The molecule has 0 bridgehead atoms. The van der Waals surface area contributed by atoms with Gasteiger partial charge in [0.05, 0.1) is 18.3 Å². The second kappa shape index (κ2) is 7.61. The van der Waals surface area contributed by atoms with Gasteiger partial charge in [0.1, 0.15) is 0 Å². The van der Waals surface area contributed by atoms with Gasteiger partial charge in [0.2, 0.25) is 18.6 Å². The summed E-state index contributed by atoms with van der Waals surface area (Å²) in [6.07, 6.45) is 3.27. The molecule has 28 heavy (non-hydrogen) atoms. The Morgan fingerprint density at radius 2 is 1.71 bits per heavy atom. The summed E-state index contributed by atoms with van der Waals surface area (Å²) < 4.78 is 15.4. The molecule has 2 amide bonds. The molecule has 2 aliphatic heterocycles. The van der Waals surface area contributed by atoms with Crippen LogP contribution in [0.3, 0.4) is 0 Å². The molecule has 2 atom stereocenters. The number of hydrogen-bond acceptors (Lipinski definition) is 7. The summed E-state index contributed by atoms with van der Waals surface area (Å²) in [6.45, 7) is -0.301. The number of amides is 2. The number of ketones is 1. The summed E-state index contributed by atoms with van der Waals surface area (Å²) in [7, 11) is 0. The molecule has 2 heterocycles. The first-order valence-corrected chi connectivity index (χ1v) is 9.48. The third kappa shape index (κ3) is 3.46. The van der Waals surface area contributed by atoms with E-state index in [2.05, 4.69) is 0 Å². The minimum absolute atomic E-state index is 0.00170. The highest BCUT2D eigenvalue weighted by molar-refractivity contribution is 6.05. The molecule has 148 valence electrons. The molecule has 1 saturated heterocycles. The molecule has 8 nitrogen and oxygen atoms in total. The van der Waals surface area contributed by atoms with Gasteiger partial charge in [0.15, 0.2) is 23.9 Å². The molecule has 4 rings (SSSR count). The number of benzene rings is 1. The average molecular weight is 387 g/mol. The monoisotopic (exact) mass is 387 g/mol. The number of carbonyl (C=O) groups excluding carboxylic acids is 4. The predicted molar refractivity (Wildman–Crippen MR) is 94.6 cm³/mol. The van der Waals surface area contributed by atoms with Gasteiger partial charge in [-0.15, -0.1) is 0 Å². The molecule has 0 N–H and O–H groups in total. The zero-order chi connectivity index (χ0) is 19.7. The van der Waals surface area contributed by atoms with Crippen LogP contribution in [0.25, 0.3) is 0 Å². The minimum Gasteiger partial charge on any atom is -0.457 e. The lowest BCUT2D eigenvalue weighted by Gasteiger charge is -2.19. The standard InChI is InChI=1S/C20H21NO7/c22-15(12-5-6-16-17(9-12)28-11-27-16)10-26-18(23)7-8-21-19(24)13-3-1-2-4-14(13)20(21)25/h5-6,9,13-14H,1-4,7-8,10-11H2/t13-,14+. The summed E-state index contributed by atoms with van der Waals surface area (Å²) in [5.41, 5.74) is 0.353. The molecule has 3 aliphatic rings. The van der Waals surface area contributed by atoms with Crippen molar-refractivity contribution in [3.05, 3.63) is 23.8 Å². The Bertz CT molecular complexity index is 810. The van der Waals surface area contributed by atoms with E-state index >= 15 is 0 Å². The van der Waals surface area contributed by atoms with Gasteiger partial charge in [0, 0.05) is 12.1 Å². The summed E-state index contributed by atoms with van der Waals surface area (Å²) in [5.74, 6) is -0.776. The van der Waals surface area contributed by atoms with Crippen LogP contribution in [0, 0.1) is 11.8 Å². The Morgan fingerprint density at radius 3 is 2.43 bits per heavy atom. The number of imide groups is 1. The normalized spacial score (nSPS) is 22.9. The van der Waals surface area contributed by atoms with Crippen molar-refractivity contribution in [3.8, 4) is 11.5 Å². The molecule has 2 fully saturated rings. The Kier molecular flexibility index (Phi) is 5.02. The van der Waals surface area contributed by atoms with Crippen LogP contribution in [0.1, 0.15) is 42.5 Å². The first-order chi connectivity index (χ1) is 13.5. The topological polar surface area (TPSA) is 99.2 Å². The van der Waals surface area contributed by atoms with Crippen LogP contribution >= 0.6 is 0 Å². The van der Waals surface area contributed by atoms with Crippen molar-refractivity contribution >= 4 is 23.6 Å². The Hall–Kier alpha value is -2.90. The van der Waals surface area contributed by atoms with Crippen LogP contribution in [0.5, 0.6) is 11.5 Å². The van der Waals surface area contributed by atoms with E-state index in [1.807, 2.05) is 0 Å². The van der Waals surface area contributed by atoms with Crippen LogP contribution in [0.15, 0.2) is 18.2 Å². The van der Waals surface area contributed by atoms with Gasteiger partial charge in [-0.1, -0.05) is 12.8 Å². The van der Waals surface area contributed by atoms with Crippen molar-refractivity contribution in [1.29, 1.82) is 0 Å². The first-order valence-electron chi connectivity index (χ1n) is 9.48. The van der Waals surface area contributed by atoms with E-state index in [4.69, 9.17) is 14.2 Å². The number of likely N-dealkylation sites (tertiary alicyclic amines) is 1. The van der Waals surface area contributed by atoms with E-state index in [-0.39, 0.29) is 49.2 Å². The van der Waals surface area contributed by atoms with E-state index in [9.17, 15) is 19.2 Å². The highest BCUT2D eigenvalue weighted by Gasteiger charge is 2.47. The number of nitrogens with zero attached hydrogens (tertiary/aromatic N) is 1. The molecule has 1 aromatic carbocycles. The van der Waals surface area contributed by atoms with Gasteiger partial charge in [-0.2, -0.15) is 0 Å². The fraction of sp³-hybridized carbons (Fsp3) is 0.500. The SMILES string of the molecule is O=C(CCN1C(=O)[C@H]2CCCC[C@H]2C1=O)OCC(=O)c1ccc2c(c1)OCO2. The Morgan fingerprint density at radius 1 is 1.04 bits per heavy atom. The molecule has 0 aromatic heterocycles. The highest BCUT2D eigenvalue weighted by atomic mass is 16.7. The third-order valence-corrected chi connectivity index (χ3v) is 5.53. The van der Waals surface area contributed by atoms with Crippen molar-refractivity contribution in [2.75, 3.05) is 19.9 Å². The molecule has 0 spiro atoms. The minimum atomic E-state index is -0.621. The number of ether oxygens (including phenoxy) is 3. The van der Waals surface area contributed by atoms with Crippen LogP contribution < -0.4 is 9.47 Å². The summed E-state index contributed by atoms with van der Waals surface area (Å²) in [6, 6.07) is 4.75. The molecule has 8 heteroatoms. The lowest BCUT2D eigenvalue weighted by atomic mass is 9.81. The maximum atomic E-state index is 12.4. The lowest BCUT2D eigenvalue weighted by Crippen LogP contribution is -2.33. The third-order valence-electron chi connectivity index (χ3n) is 5.53. The fourth-order valence-electron chi connectivity index (χ4n) is 4.03. The van der Waals surface area contributed by atoms with Crippen molar-refractivity contribution < 1.29 is 33.4 Å². The smallest absolute Gasteiger partial charge is 0.308 e. The first kappa shape index (κ1) is 18.5. The van der Waals surface area contributed by atoms with E-state index in [1.54, 1.807) is 18.2 Å². The number of carbonyl (C=O) groups is 4. The van der Waals surface area contributed by atoms with Gasteiger partial charge in [-0.05, 0) is 31.0 Å². The summed E-state index contributed by atoms with van der Waals surface area (Å²) >= 11 is 0. The zero-order valence-electron chi connectivity index (χ0n) is 15.3. The Labute approximate surface area is 161 Å². The van der Waals surface area contributed by atoms with Gasteiger partial charge in [-0.25, -0.2) is 0 Å². The van der Waals surface area contributed by atoms with Crippen LogP contribution in [-0.4, -0.2) is 48.4 Å². The predicted octanol–water partition coefficient (Wildman–Crippen LogP) is 1.71. The molecular weight excluding hydrogens is 366 g/mol. The molecule has 1 aliphatic carbocycles. The van der Waals surface area contributed by atoms with E-state index in [0.717, 1.165) is 25.7 Å². The van der Waals surface area contributed by atoms with E-state index < -0.39 is 12.6 Å². The van der Waals surface area contributed by atoms with Crippen molar-refractivity contribution in [2.45, 2.75) is 32.1 Å². The van der Waals surface area contributed by atoms with Crippen molar-refractivity contribution in [3.63, 3.8) is 0 Å². The Balaban J connectivity index is 1.26. The molecule has 0 radical (unpaired) electrons. The zero-order valence-corrected chi connectivity index (χ0v) is 15.3. The number of rotatable bonds is 6. The average Bonchev–Trinajstić information content (AvgIpc) is 3.28. The molecule has 0 unspecified atom stereocenters. The maximum absolute atomic E-state index is 12.4. The van der Waals surface area contributed by atoms with Gasteiger partial charge < -0.3 is 14.2 Å². The maximum Gasteiger partial charge on any atom is 0.308 e. The van der Waals surface area contributed by atoms with Gasteiger partial charge >= 0.3 is 5.97 Å². The van der Waals surface area contributed by atoms with Gasteiger partial charge in [-0.3, -0.25) is 24.1 Å². The molecule has 1 saturated carbocycles. The summed E-state index contributed by atoms with van der Waals surface area (Å²) in [5, 5.41) is 0. The quantitative estimate of drug-likeness (QED) is 0.416. The number of esters is 1. The second-order valence-corrected chi connectivity index (χ2v) is 7.23. The van der Waals surface area contributed by atoms with Crippen molar-refractivity contribution in [2.24, 2.45) is 11.8 Å². The van der Waals surface area contributed by atoms with E-state index in [1.165, 1.54) is 4.90 Å². The molecular formula is C20H21NO7. The second-order valence-electron chi connectivity index (χ2n) is 7.23. The number of Topliss-reactive ketones (excluding diaryl/α,β-unsaturated/α-hetero) is 1. The van der Waals surface area contributed by atoms with E-state index in [0.29, 0.717) is 17.1 Å². The van der Waals surface area contributed by atoms with Crippen LogP contribution in [0.4, 0.5) is 0 Å². The number of fused-ring (bicyclic) bond motifs is 2.